The van der Waals surface area contributed by atoms with Crippen LogP contribution in [0, 0.1) is 5.41 Å². The SMILES string of the molecule is CCOC(=O)c1ccc(NC(=O)C2(C(=O)NC(C)C)CC2)cc1. The van der Waals surface area contributed by atoms with Crippen molar-refractivity contribution < 1.29 is 19.1 Å². The van der Waals surface area contributed by atoms with E-state index in [9.17, 15) is 14.4 Å². The van der Waals surface area contributed by atoms with E-state index in [1.54, 1.807) is 31.2 Å². The normalized spacial score (nSPS) is 15.0. The summed E-state index contributed by atoms with van der Waals surface area (Å²) >= 11 is 0. The third kappa shape index (κ3) is 3.88. The van der Waals surface area contributed by atoms with Crippen LogP contribution in [0.25, 0.3) is 0 Å². The third-order valence-corrected chi connectivity index (χ3v) is 3.69. The molecule has 1 aromatic carbocycles. The van der Waals surface area contributed by atoms with E-state index in [0.717, 1.165) is 0 Å². The van der Waals surface area contributed by atoms with E-state index in [0.29, 0.717) is 30.7 Å². The smallest absolute Gasteiger partial charge is 0.338 e. The van der Waals surface area contributed by atoms with Crippen molar-refractivity contribution in [1.82, 2.24) is 5.32 Å². The molecule has 23 heavy (non-hydrogen) atoms. The fraction of sp³-hybridized carbons (Fsp3) is 0.471. The molecule has 2 amide bonds. The zero-order valence-corrected chi connectivity index (χ0v) is 13.6. The Balaban J connectivity index is 2.00. The van der Waals surface area contributed by atoms with E-state index in [4.69, 9.17) is 4.74 Å². The van der Waals surface area contributed by atoms with Gasteiger partial charge in [0.15, 0.2) is 0 Å². The summed E-state index contributed by atoms with van der Waals surface area (Å²) in [5.74, 6) is -0.937. The molecule has 0 saturated heterocycles. The lowest BCUT2D eigenvalue weighted by Crippen LogP contribution is -2.42. The van der Waals surface area contributed by atoms with E-state index >= 15 is 0 Å². The number of nitrogens with one attached hydrogen (secondary N) is 2. The molecule has 0 spiro atoms. The van der Waals surface area contributed by atoms with Crippen LogP contribution in [0.1, 0.15) is 44.0 Å². The fourth-order valence-corrected chi connectivity index (χ4v) is 2.24. The molecule has 124 valence electrons. The van der Waals surface area contributed by atoms with E-state index in [1.165, 1.54) is 0 Å². The maximum Gasteiger partial charge on any atom is 0.338 e. The molecule has 1 fully saturated rings. The van der Waals surface area contributed by atoms with Crippen LogP contribution in [0.15, 0.2) is 24.3 Å². The highest BCUT2D eigenvalue weighted by Crippen LogP contribution is 2.46. The zero-order chi connectivity index (χ0) is 17.0. The first-order valence-electron chi connectivity index (χ1n) is 7.78. The molecule has 1 saturated carbocycles. The summed E-state index contributed by atoms with van der Waals surface area (Å²) in [5.41, 5.74) is 0.0135. The topological polar surface area (TPSA) is 84.5 Å². The first-order chi connectivity index (χ1) is 10.9. The van der Waals surface area contributed by atoms with Gasteiger partial charge >= 0.3 is 5.97 Å². The Morgan fingerprint density at radius 1 is 1.13 bits per heavy atom. The Hall–Kier alpha value is -2.37. The predicted octanol–water partition coefficient (Wildman–Crippen LogP) is 2.11. The monoisotopic (exact) mass is 318 g/mol. The molecule has 0 aliphatic heterocycles. The number of carbonyl (C=O) groups excluding carboxylic acids is 3. The van der Waals surface area contributed by atoms with Crippen molar-refractivity contribution in [2.75, 3.05) is 11.9 Å². The predicted molar refractivity (Wildman–Crippen MR) is 86.0 cm³/mol. The third-order valence-electron chi connectivity index (χ3n) is 3.69. The molecule has 1 aliphatic rings. The molecule has 6 nitrogen and oxygen atoms in total. The molecular weight excluding hydrogens is 296 g/mol. The Morgan fingerprint density at radius 2 is 1.74 bits per heavy atom. The fourth-order valence-electron chi connectivity index (χ4n) is 2.24. The molecular formula is C17H22N2O4. The van der Waals surface area contributed by atoms with Gasteiger partial charge < -0.3 is 15.4 Å². The van der Waals surface area contributed by atoms with Gasteiger partial charge in [-0.1, -0.05) is 0 Å². The molecule has 0 unspecified atom stereocenters. The lowest BCUT2D eigenvalue weighted by molar-refractivity contribution is -0.134. The largest absolute Gasteiger partial charge is 0.462 e. The van der Waals surface area contributed by atoms with Crippen molar-refractivity contribution in [3.63, 3.8) is 0 Å². The summed E-state index contributed by atoms with van der Waals surface area (Å²) in [5, 5.41) is 5.53. The van der Waals surface area contributed by atoms with Crippen LogP contribution in [0.3, 0.4) is 0 Å². The number of hydrogen-bond donors (Lipinski definition) is 2. The van der Waals surface area contributed by atoms with E-state index in [2.05, 4.69) is 10.6 Å². The summed E-state index contributed by atoms with van der Waals surface area (Å²) in [6, 6.07) is 6.42. The summed E-state index contributed by atoms with van der Waals surface area (Å²) in [4.78, 5) is 36.1. The van der Waals surface area contributed by atoms with Crippen molar-refractivity contribution in [2.45, 2.75) is 39.7 Å². The van der Waals surface area contributed by atoms with Crippen molar-refractivity contribution in [1.29, 1.82) is 0 Å². The zero-order valence-electron chi connectivity index (χ0n) is 13.6. The molecule has 2 rings (SSSR count). The van der Waals surface area contributed by atoms with Crippen LogP contribution in [0.5, 0.6) is 0 Å². The molecule has 0 bridgehead atoms. The standard InChI is InChI=1S/C17H22N2O4/c1-4-23-14(20)12-5-7-13(8-6-12)19-16(22)17(9-10-17)15(21)18-11(2)3/h5-8,11H,4,9-10H2,1-3H3,(H,18,21)(H,19,22). The number of esters is 1. The lowest BCUT2D eigenvalue weighted by atomic mass is 10.0. The Labute approximate surface area is 135 Å². The molecule has 0 atom stereocenters. The average Bonchev–Trinajstić information content (AvgIpc) is 3.29. The molecule has 1 aromatic rings. The van der Waals surface area contributed by atoms with Gasteiger partial charge in [-0.15, -0.1) is 0 Å². The number of hydrogen-bond acceptors (Lipinski definition) is 4. The van der Waals surface area contributed by atoms with Gasteiger partial charge in [-0.05, 0) is 57.9 Å². The minimum absolute atomic E-state index is 0.00311. The van der Waals surface area contributed by atoms with Crippen LogP contribution in [-0.4, -0.2) is 30.4 Å². The van der Waals surface area contributed by atoms with E-state index < -0.39 is 11.4 Å². The Kier molecular flexibility index (Phi) is 5.03. The number of anilines is 1. The maximum absolute atomic E-state index is 12.4. The van der Waals surface area contributed by atoms with Gasteiger partial charge in [-0.2, -0.15) is 0 Å². The molecule has 2 N–H and O–H groups in total. The summed E-state index contributed by atoms with van der Waals surface area (Å²) in [6.45, 7) is 5.77. The molecule has 6 heteroatoms. The molecule has 0 heterocycles. The van der Waals surface area contributed by atoms with Gasteiger partial charge in [0.25, 0.3) is 0 Å². The van der Waals surface area contributed by atoms with Crippen molar-refractivity contribution >= 4 is 23.5 Å². The molecule has 0 aromatic heterocycles. The van der Waals surface area contributed by atoms with Crippen LogP contribution in [0.4, 0.5) is 5.69 Å². The van der Waals surface area contributed by atoms with Crippen molar-refractivity contribution in [3.8, 4) is 0 Å². The highest BCUT2D eigenvalue weighted by Gasteiger charge is 2.56. The summed E-state index contributed by atoms with van der Waals surface area (Å²) in [6.07, 6.45) is 1.11. The molecule has 1 aliphatic carbocycles. The minimum Gasteiger partial charge on any atom is -0.462 e. The Bertz CT molecular complexity index is 604. The van der Waals surface area contributed by atoms with Crippen LogP contribution in [-0.2, 0) is 14.3 Å². The highest BCUT2D eigenvalue weighted by molar-refractivity contribution is 6.13. The molecule has 0 radical (unpaired) electrons. The van der Waals surface area contributed by atoms with Gasteiger partial charge in [-0.25, -0.2) is 4.79 Å². The summed E-state index contributed by atoms with van der Waals surface area (Å²) < 4.78 is 4.90. The average molecular weight is 318 g/mol. The summed E-state index contributed by atoms with van der Waals surface area (Å²) in [7, 11) is 0. The Morgan fingerprint density at radius 3 is 2.22 bits per heavy atom. The van der Waals surface area contributed by atoms with Gasteiger partial charge in [0.1, 0.15) is 5.41 Å². The van der Waals surface area contributed by atoms with Gasteiger partial charge in [0.2, 0.25) is 11.8 Å². The maximum atomic E-state index is 12.4. The van der Waals surface area contributed by atoms with Gasteiger partial charge in [0.05, 0.1) is 12.2 Å². The van der Waals surface area contributed by atoms with Crippen LogP contribution < -0.4 is 10.6 Å². The second-order valence-electron chi connectivity index (χ2n) is 5.96. The first kappa shape index (κ1) is 17.0. The van der Waals surface area contributed by atoms with E-state index in [1.807, 2.05) is 13.8 Å². The minimum atomic E-state index is -0.954. The second-order valence-corrected chi connectivity index (χ2v) is 5.96. The number of carbonyl (C=O) groups is 3. The quantitative estimate of drug-likeness (QED) is 0.621. The number of ether oxygens (including phenoxy) is 1. The highest BCUT2D eigenvalue weighted by atomic mass is 16.5. The van der Waals surface area contributed by atoms with E-state index in [-0.39, 0.29) is 17.9 Å². The van der Waals surface area contributed by atoms with Gasteiger partial charge in [-0.3, -0.25) is 9.59 Å². The van der Waals surface area contributed by atoms with Crippen molar-refractivity contribution in [2.24, 2.45) is 5.41 Å². The number of benzene rings is 1. The van der Waals surface area contributed by atoms with Crippen LogP contribution >= 0.6 is 0 Å². The second kappa shape index (κ2) is 6.81. The number of rotatable bonds is 6. The lowest BCUT2D eigenvalue weighted by Gasteiger charge is -2.17. The van der Waals surface area contributed by atoms with Crippen LogP contribution in [0.2, 0.25) is 0 Å². The first-order valence-corrected chi connectivity index (χ1v) is 7.78. The number of amides is 2. The van der Waals surface area contributed by atoms with Crippen molar-refractivity contribution in [3.05, 3.63) is 29.8 Å². The van der Waals surface area contributed by atoms with Gasteiger partial charge in [0, 0.05) is 11.7 Å².